The van der Waals surface area contributed by atoms with Crippen LogP contribution in [0.25, 0.3) is 17.3 Å². The lowest BCUT2D eigenvalue weighted by atomic mass is 10.0. The molecule has 2 aromatic carbocycles. The molecule has 9 heteroatoms. The highest BCUT2D eigenvalue weighted by Gasteiger charge is 2.23. The van der Waals surface area contributed by atoms with Crippen LogP contribution in [0.4, 0.5) is 0 Å². The molecule has 0 aliphatic rings. The van der Waals surface area contributed by atoms with Gasteiger partial charge in [-0.1, -0.05) is 60.4 Å². The molecule has 0 saturated carbocycles. The molecule has 1 heterocycles. The van der Waals surface area contributed by atoms with Crippen LogP contribution in [0.3, 0.4) is 0 Å². The number of carbonyl (C=O) groups excluding carboxylic acids is 1. The van der Waals surface area contributed by atoms with Gasteiger partial charge in [0.1, 0.15) is 30.4 Å². The number of carboxylic acids is 1. The standard InChI is InChI=1S/C24H22Cl2N2O5/c1-14(2)24-17(23(28-33-24)22-18(25)4-3-5-19(22)26)13-32-16-9-6-15(7-10-16)8-11-20(29)27-12-21(30)31/h3-11,14H,12-13H2,1-2H3,(H,27,29)(H,30,31). The number of aromatic nitrogens is 1. The van der Waals surface area contributed by atoms with Crippen LogP contribution in [0.2, 0.25) is 10.0 Å². The van der Waals surface area contributed by atoms with E-state index in [4.69, 9.17) is 37.6 Å². The first-order valence-corrected chi connectivity index (χ1v) is 10.8. The summed E-state index contributed by atoms with van der Waals surface area (Å²) in [5, 5.41) is 16.0. The number of hydrogen-bond donors (Lipinski definition) is 2. The van der Waals surface area contributed by atoms with Gasteiger partial charge in [0.15, 0.2) is 0 Å². The predicted octanol–water partition coefficient (Wildman–Crippen LogP) is 5.56. The lowest BCUT2D eigenvalue weighted by Crippen LogP contribution is -2.27. The fourth-order valence-electron chi connectivity index (χ4n) is 3.06. The van der Waals surface area contributed by atoms with E-state index < -0.39 is 18.4 Å². The summed E-state index contributed by atoms with van der Waals surface area (Å²) in [6.07, 6.45) is 2.85. The number of ether oxygens (including phenoxy) is 1. The largest absolute Gasteiger partial charge is 0.489 e. The van der Waals surface area contributed by atoms with Crippen molar-refractivity contribution >= 4 is 41.2 Å². The average molecular weight is 489 g/mol. The van der Waals surface area contributed by atoms with Gasteiger partial charge in [-0.25, -0.2) is 0 Å². The third-order valence-electron chi connectivity index (χ3n) is 4.65. The van der Waals surface area contributed by atoms with E-state index in [9.17, 15) is 9.59 Å². The van der Waals surface area contributed by atoms with Gasteiger partial charge in [-0.3, -0.25) is 9.59 Å². The predicted molar refractivity (Wildman–Crippen MR) is 127 cm³/mol. The van der Waals surface area contributed by atoms with Crippen molar-refractivity contribution in [3.63, 3.8) is 0 Å². The van der Waals surface area contributed by atoms with Gasteiger partial charge in [0.2, 0.25) is 5.91 Å². The molecular formula is C24H22Cl2N2O5. The molecule has 33 heavy (non-hydrogen) atoms. The summed E-state index contributed by atoms with van der Waals surface area (Å²) in [4.78, 5) is 22.1. The highest BCUT2D eigenvalue weighted by molar-refractivity contribution is 6.39. The molecule has 1 aromatic heterocycles. The molecule has 0 aliphatic heterocycles. The molecule has 0 saturated heterocycles. The zero-order valence-electron chi connectivity index (χ0n) is 18.0. The second kappa shape index (κ2) is 11.0. The molecule has 0 spiro atoms. The maximum absolute atomic E-state index is 11.6. The molecule has 0 aliphatic carbocycles. The van der Waals surface area contributed by atoms with Crippen molar-refractivity contribution in [1.82, 2.24) is 10.5 Å². The van der Waals surface area contributed by atoms with Gasteiger partial charge in [0.05, 0.1) is 15.6 Å². The Hall–Kier alpha value is -3.29. The lowest BCUT2D eigenvalue weighted by Gasteiger charge is -2.11. The van der Waals surface area contributed by atoms with Gasteiger partial charge in [-0.2, -0.15) is 0 Å². The first kappa shape index (κ1) is 24.4. The molecule has 7 nitrogen and oxygen atoms in total. The van der Waals surface area contributed by atoms with Crippen LogP contribution >= 0.6 is 23.2 Å². The smallest absolute Gasteiger partial charge is 0.322 e. The van der Waals surface area contributed by atoms with Crippen LogP contribution in [-0.2, 0) is 16.2 Å². The fourth-order valence-corrected chi connectivity index (χ4v) is 3.64. The Morgan fingerprint density at radius 3 is 2.42 bits per heavy atom. The highest BCUT2D eigenvalue weighted by atomic mass is 35.5. The maximum Gasteiger partial charge on any atom is 0.322 e. The molecule has 0 atom stereocenters. The number of nitrogens with one attached hydrogen (secondary N) is 1. The van der Waals surface area contributed by atoms with Crippen molar-refractivity contribution in [3.05, 3.63) is 75.5 Å². The maximum atomic E-state index is 11.6. The van der Waals surface area contributed by atoms with Crippen molar-refractivity contribution < 1.29 is 24.0 Å². The Balaban J connectivity index is 1.74. The number of halogens is 2. The van der Waals surface area contributed by atoms with Crippen molar-refractivity contribution in [2.75, 3.05) is 6.54 Å². The van der Waals surface area contributed by atoms with Gasteiger partial charge in [-0.15, -0.1) is 0 Å². The Bertz CT molecular complexity index is 1150. The van der Waals surface area contributed by atoms with Gasteiger partial charge in [0.25, 0.3) is 0 Å². The van der Waals surface area contributed by atoms with Crippen LogP contribution in [0.5, 0.6) is 5.75 Å². The number of benzene rings is 2. The number of nitrogens with zero attached hydrogens (tertiary/aromatic N) is 1. The van der Waals surface area contributed by atoms with Crippen molar-refractivity contribution in [2.45, 2.75) is 26.4 Å². The van der Waals surface area contributed by atoms with E-state index in [0.29, 0.717) is 32.8 Å². The summed E-state index contributed by atoms with van der Waals surface area (Å²) in [6, 6.07) is 12.3. The summed E-state index contributed by atoms with van der Waals surface area (Å²) < 4.78 is 11.6. The molecule has 3 rings (SSSR count). The molecule has 172 valence electrons. The molecule has 0 fully saturated rings. The third-order valence-corrected chi connectivity index (χ3v) is 5.28. The van der Waals surface area contributed by atoms with Crippen molar-refractivity contribution in [3.8, 4) is 17.0 Å². The van der Waals surface area contributed by atoms with E-state index >= 15 is 0 Å². The summed E-state index contributed by atoms with van der Waals surface area (Å²) in [6.45, 7) is 3.75. The topological polar surface area (TPSA) is 102 Å². The van der Waals surface area contributed by atoms with Gasteiger partial charge in [-0.05, 0) is 35.9 Å². The zero-order valence-corrected chi connectivity index (χ0v) is 19.5. The van der Waals surface area contributed by atoms with E-state index in [-0.39, 0.29) is 12.5 Å². The minimum Gasteiger partial charge on any atom is -0.489 e. The fraction of sp³-hybridized carbons (Fsp3) is 0.208. The van der Waals surface area contributed by atoms with E-state index in [1.54, 1.807) is 48.5 Å². The zero-order chi connectivity index (χ0) is 24.0. The minimum atomic E-state index is -1.10. The van der Waals surface area contributed by atoms with E-state index in [2.05, 4.69) is 10.5 Å². The quantitative estimate of drug-likeness (QED) is 0.382. The van der Waals surface area contributed by atoms with E-state index in [0.717, 1.165) is 11.1 Å². The summed E-state index contributed by atoms with van der Waals surface area (Å²) in [5.74, 6) is -0.225. The summed E-state index contributed by atoms with van der Waals surface area (Å²) >= 11 is 12.8. The van der Waals surface area contributed by atoms with E-state index in [1.165, 1.54) is 6.08 Å². The van der Waals surface area contributed by atoms with Crippen LogP contribution in [0.1, 0.15) is 36.7 Å². The van der Waals surface area contributed by atoms with Crippen molar-refractivity contribution in [2.24, 2.45) is 0 Å². The van der Waals surface area contributed by atoms with Gasteiger partial charge < -0.3 is 19.7 Å². The van der Waals surface area contributed by atoms with Crippen LogP contribution < -0.4 is 10.1 Å². The Morgan fingerprint density at radius 1 is 1.15 bits per heavy atom. The summed E-state index contributed by atoms with van der Waals surface area (Å²) in [7, 11) is 0. The third kappa shape index (κ3) is 6.37. The summed E-state index contributed by atoms with van der Waals surface area (Å²) in [5.41, 5.74) is 2.65. The Labute approximate surface area is 200 Å². The SMILES string of the molecule is CC(C)c1onc(-c2c(Cl)cccc2Cl)c1COc1ccc(C=CC(=O)NCC(=O)O)cc1. The number of aliphatic carboxylic acids is 1. The van der Waals surface area contributed by atoms with E-state index in [1.807, 2.05) is 13.8 Å². The number of carboxylic acid groups (broad SMARTS) is 1. The Kier molecular flexibility index (Phi) is 8.14. The first-order valence-electron chi connectivity index (χ1n) is 10.1. The lowest BCUT2D eigenvalue weighted by molar-refractivity contribution is -0.137. The van der Waals surface area contributed by atoms with Crippen molar-refractivity contribution in [1.29, 1.82) is 0 Å². The number of amides is 1. The number of hydrogen-bond acceptors (Lipinski definition) is 5. The second-order valence-corrected chi connectivity index (χ2v) is 8.24. The number of rotatable bonds is 9. The Morgan fingerprint density at radius 2 is 1.82 bits per heavy atom. The van der Waals surface area contributed by atoms with Crippen LogP contribution in [-0.4, -0.2) is 28.7 Å². The molecule has 0 radical (unpaired) electrons. The molecule has 0 unspecified atom stereocenters. The molecule has 1 amide bonds. The highest BCUT2D eigenvalue weighted by Crippen LogP contribution is 2.38. The van der Waals surface area contributed by atoms with Crippen LogP contribution in [0, 0.1) is 0 Å². The molecule has 3 aromatic rings. The molecule has 0 bridgehead atoms. The van der Waals surface area contributed by atoms with Gasteiger partial charge in [0, 0.05) is 17.6 Å². The monoisotopic (exact) mass is 488 g/mol. The number of carbonyl (C=O) groups is 2. The normalized spacial score (nSPS) is 11.2. The molecule has 2 N–H and O–H groups in total. The minimum absolute atomic E-state index is 0.0749. The molecular weight excluding hydrogens is 467 g/mol. The van der Waals surface area contributed by atoms with Gasteiger partial charge >= 0.3 is 5.97 Å². The van der Waals surface area contributed by atoms with Crippen LogP contribution in [0.15, 0.2) is 53.1 Å². The second-order valence-electron chi connectivity index (χ2n) is 7.43. The average Bonchev–Trinajstić information content (AvgIpc) is 3.19. The first-order chi connectivity index (χ1) is 15.8.